The van der Waals surface area contributed by atoms with Crippen LogP contribution >= 0.6 is 23.2 Å². The number of aromatic nitrogens is 5. The van der Waals surface area contributed by atoms with Crippen molar-refractivity contribution in [2.75, 3.05) is 25.5 Å². The maximum absolute atomic E-state index is 13.4. The van der Waals surface area contributed by atoms with Crippen molar-refractivity contribution in [1.82, 2.24) is 29.2 Å². The summed E-state index contributed by atoms with van der Waals surface area (Å²) in [4.78, 5) is 24.8. The van der Waals surface area contributed by atoms with Gasteiger partial charge in [0.1, 0.15) is 0 Å². The van der Waals surface area contributed by atoms with E-state index in [1.807, 2.05) is 17.8 Å². The predicted octanol–water partition coefficient (Wildman–Crippen LogP) is 5.33. The molecule has 0 atom stereocenters. The third kappa shape index (κ3) is 4.57. The second kappa shape index (κ2) is 9.45. The van der Waals surface area contributed by atoms with Crippen molar-refractivity contribution in [2.24, 2.45) is 0 Å². The lowest BCUT2D eigenvalue weighted by Crippen LogP contribution is -2.31. The van der Waals surface area contributed by atoms with E-state index in [9.17, 15) is 4.79 Å². The quantitative estimate of drug-likeness (QED) is 0.391. The van der Waals surface area contributed by atoms with Crippen molar-refractivity contribution in [1.29, 1.82) is 0 Å². The number of pyridine rings is 1. The van der Waals surface area contributed by atoms with E-state index >= 15 is 0 Å². The highest BCUT2D eigenvalue weighted by Gasteiger charge is 2.20. The SMILES string of the molecule is C=C(C)c1cn(-c2c(Cl)cccc2Cl)c(=O)c2cnc(Nc3cnn(C4CCN(C)CC4)c3)nc12. The van der Waals surface area contributed by atoms with Gasteiger partial charge in [-0.3, -0.25) is 14.0 Å². The Morgan fingerprint density at radius 2 is 1.86 bits per heavy atom. The number of piperidine rings is 1. The molecule has 3 aromatic heterocycles. The van der Waals surface area contributed by atoms with Crippen molar-refractivity contribution in [3.8, 4) is 5.69 Å². The molecule has 4 heterocycles. The van der Waals surface area contributed by atoms with Crippen LogP contribution in [0.3, 0.4) is 0 Å². The molecule has 1 aliphatic rings. The Hall–Kier alpha value is -3.20. The molecular formula is C25H25Cl2N7O. The van der Waals surface area contributed by atoms with Crippen LogP contribution in [0.1, 0.15) is 31.4 Å². The van der Waals surface area contributed by atoms with E-state index < -0.39 is 0 Å². The van der Waals surface area contributed by atoms with E-state index in [4.69, 9.17) is 23.2 Å². The van der Waals surface area contributed by atoms with Gasteiger partial charge in [-0.15, -0.1) is 0 Å². The Morgan fingerprint density at radius 3 is 2.54 bits per heavy atom. The topological polar surface area (TPSA) is 80.9 Å². The molecule has 0 saturated carbocycles. The molecule has 0 aliphatic carbocycles. The van der Waals surface area contributed by atoms with Crippen LogP contribution < -0.4 is 10.9 Å². The Bertz CT molecular complexity index is 1460. The Labute approximate surface area is 212 Å². The molecule has 1 aliphatic heterocycles. The molecule has 0 amide bonds. The molecular weight excluding hydrogens is 485 g/mol. The Kier molecular flexibility index (Phi) is 6.35. The average Bonchev–Trinajstić information content (AvgIpc) is 3.29. The largest absolute Gasteiger partial charge is 0.321 e. The summed E-state index contributed by atoms with van der Waals surface area (Å²) in [5, 5.41) is 8.83. The van der Waals surface area contributed by atoms with Gasteiger partial charge in [-0.05, 0) is 57.6 Å². The Balaban J connectivity index is 1.51. The highest BCUT2D eigenvalue weighted by atomic mass is 35.5. The van der Waals surface area contributed by atoms with Gasteiger partial charge in [0.25, 0.3) is 5.56 Å². The lowest BCUT2D eigenvalue weighted by Gasteiger charge is -2.28. The molecule has 5 rings (SSSR count). The molecule has 4 aromatic rings. The van der Waals surface area contributed by atoms with Crippen LogP contribution in [-0.2, 0) is 0 Å². The number of para-hydroxylation sites is 1. The monoisotopic (exact) mass is 509 g/mol. The van der Waals surface area contributed by atoms with E-state index in [-0.39, 0.29) is 5.56 Å². The van der Waals surface area contributed by atoms with Crippen molar-refractivity contribution in [3.05, 3.63) is 75.5 Å². The molecule has 0 unspecified atom stereocenters. The summed E-state index contributed by atoms with van der Waals surface area (Å²) in [6.45, 7) is 8.05. The van der Waals surface area contributed by atoms with E-state index in [0.717, 1.165) is 37.2 Å². The van der Waals surface area contributed by atoms with Gasteiger partial charge in [0.05, 0.1) is 44.6 Å². The summed E-state index contributed by atoms with van der Waals surface area (Å²) in [5.41, 5.74) is 2.82. The highest BCUT2D eigenvalue weighted by Crippen LogP contribution is 2.30. The highest BCUT2D eigenvalue weighted by molar-refractivity contribution is 6.37. The van der Waals surface area contributed by atoms with Crippen LogP contribution in [0.4, 0.5) is 11.6 Å². The predicted molar refractivity (Wildman–Crippen MR) is 141 cm³/mol. The smallest absolute Gasteiger partial charge is 0.266 e. The summed E-state index contributed by atoms with van der Waals surface area (Å²) in [5.74, 6) is 0.371. The minimum absolute atomic E-state index is 0.318. The van der Waals surface area contributed by atoms with Crippen molar-refractivity contribution < 1.29 is 0 Å². The molecule has 1 saturated heterocycles. The van der Waals surface area contributed by atoms with Crippen molar-refractivity contribution in [3.63, 3.8) is 0 Å². The zero-order valence-corrected chi connectivity index (χ0v) is 21.0. The van der Waals surface area contributed by atoms with Gasteiger partial charge in [0.2, 0.25) is 5.95 Å². The summed E-state index contributed by atoms with van der Waals surface area (Å²) in [6.07, 6.45) is 9.06. The zero-order chi connectivity index (χ0) is 24.7. The van der Waals surface area contributed by atoms with Gasteiger partial charge in [-0.2, -0.15) is 5.10 Å². The lowest BCUT2D eigenvalue weighted by molar-refractivity contribution is 0.212. The second-order valence-corrected chi connectivity index (χ2v) is 9.71. The first-order valence-corrected chi connectivity index (χ1v) is 12.1. The third-order valence-electron chi connectivity index (χ3n) is 6.31. The fraction of sp³-hybridized carbons (Fsp3) is 0.280. The van der Waals surface area contributed by atoms with Gasteiger partial charge in [0, 0.05) is 24.2 Å². The number of allylic oxidation sites excluding steroid dienone is 1. The molecule has 1 fully saturated rings. The molecule has 0 bridgehead atoms. The van der Waals surface area contributed by atoms with E-state index in [2.05, 4.69) is 38.9 Å². The number of fused-ring (bicyclic) bond motifs is 1. The van der Waals surface area contributed by atoms with Gasteiger partial charge >= 0.3 is 0 Å². The molecule has 35 heavy (non-hydrogen) atoms. The number of anilines is 2. The number of hydrogen-bond acceptors (Lipinski definition) is 6. The van der Waals surface area contributed by atoms with Crippen LogP contribution in [-0.4, -0.2) is 49.4 Å². The zero-order valence-electron chi connectivity index (χ0n) is 19.5. The van der Waals surface area contributed by atoms with Gasteiger partial charge in [-0.1, -0.05) is 35.8 Å². The standard InChI is InChI=1S/C25H25Cl2N7O/c1-15(2)19-14-33(23-20(26)5-4-6-21(23)27)24(35)18-12-28-25(31-22(18)19)30-16-11-29-34(13-16)17-7-9-32(3)10-8-17/h4-6,11-14,17H,1,7-10H2,2-3H3,(H,28,30,31). The van der Waals surface area contributed by atoms with Crippen LogP contribution in [0.2, 0.25) is 10.0 Å². The van der Waals surface area contributed by atoms with E-state index in [1.54, 1.807) is 30.6 Å². The second-order valence-electron chi connectivity index (χ2n) is 8.89. The molecule has 0 spiro atoms. The fourth-order valence-electron chi connectivity index (χ4n) is 4.37. The number of hydrogen-bond donors (Lipinski definition) is 1. The minimum Gasteiger partial charge on any atom is -0.321 e. The number of likely N-dealkylation sites (tertiary alicyclic amines) is 1. The van der Waals surface area contributed by atoms with Crippen LogP contribution in [0.5, 0.6) is 0 Å². The fourth-order valence-corrected chi connectivity index (χ4v) is 4.95. The van der Waals surface area contributed by atoms with Crippen LogP contribution in [0.25, 0.3) is 22.2 Å². The van der Waals surface area contributed by atoms with E-state index in [1.165, 1.54) is 10.8 Å². The molecule has 1 N–H and O–H groups in total. The van der Waals surface area contributed by atoms with Crippen molar-refractivity contribution >= 4 is 51.3 Å². The maximum Gasteiger partial charge on any atom is 0.266 e. The first-order chi connectivity index (χ1) is 16.8. The van der Waals surface area contributed by atoms with Gasteiger partial charge in [-0.25, -0.2) is 9.97 Å². The van der Waals surface area contributed by atoms with Crippen molar-refractivity contribution in [2.45, 2.75) is 25.8 Å². The van der Waals surface area contributed by atoms with Crippen LogP contribution in [0, 0.1) is 0 Å². The molecule has 180 valence electrons. The molecule has 10 heteroatoms. The number of rotatable bonds is 5. The summed E-state index contributed by atoms with van der Waals surface area (Å²) in [6, 6.07) is 5.49. The summed E-state index contributed by atoms with van der Waals surface area (Å²) in [7, 11) is 2.14. The van der Waals surface area contributed by atoms with Gasteiger partial charge < -0.3 is 10.2 Å². The first-order valence-electron chi connectivity index (χ1n) is 11.3. The summed E-state index contributed by atoms with van der Waals surface area (Å²) < 4.78 is 3.43. The van der Waals surface area contributed by atoms with Gasteiger partial charge in [0.15, 0.2) is 0 Å². The van der Waals surface area contributed by atoms with Crippen LogP contribution in [0.15, 0.2) is 54.4 Å². The van der Waals surface area contributed by atoms with E-state index in [0.29, 0.717) is 44.2 Å². The number of benzene rings is 1. The maximum atomic E-state index is 13.4. The third-order valence-corrected chi connectivity index (χ3v) is 6.92. The molecule has 8 nitrogen and oxygen atoms in total. The number of nitrogens with zero attached hydrogens (tertiary/aromatic N) is 6. The normalized spacial score (nSPS) is 15.0. The Morgan fingerprint density at radius 1 is 1.14 bits per heavy atom. The lowest BCUT2D eigenvalue weighted by atomic mass is 10.1. The summed E-state index contributed by atoms with van der Waals surface area (Å²) >= 11 is 12.8. The number of halogens is 2. The molecule has 0 radical (unpaired) electrons. The first kappa shape index (κ1) is 23.5. The molecule has 1 aromatic carbocycles. The average molecular weight is 510 g/mol. The minimum atomic E-state index is -0.318. The number of nitrogens with one attached hydrogen (secondary N) is 1.